The summed E-state index contributed by atoms with van der Waals surface area (Å²) < 4.78 is 5.24. The number of carbonyl (C=O) groups excluding carboxylic acids is 1. The first-order valence-electron chi connectivity index (χ1n) is 9.88. The van der Waals surface area contributed by atoms with Gasteiger partial charge in [-0.2, -0.15) is 0 Å². The van der Waals surface area contributed by atoms with E-state index >= 15 is 0 Å². The van der Waals surface area contributed by atoms with Gasteiger partial charge in [0.25, 0.3) is 5.91 Å². The van der Waals surface area contributed by atoms with Crippen molar-refractivity contribution in [1.29, 1.82) is 0 Å². The van der Waals surface area contributed by atoms with E-state index in [1.165, 1.54) is 6.33 Å². The number of rotatable bonds is 7. The van der Waals surface area contributed by atoms with Crippen molar-refractivity contribution in [3.05, 3.63) is 78.6 Å². The monoisotopic (exact) mass is 413 g/mol. The molecule has 0 radical (unpaired) electrons. The van der Waals surface area contributed by atoms with Crippen LogP contribution in [0.5, 0.6) is 0 Å². The lowest BCUT2D eigenvalue weighted by atomic mass is 10.2. The molecule has 3 N–H and O–H groups in total. The summed E-state index contributed by atoms with van der Waals surface area (Å²) >= 11 is 0. The van der Waals surface area contributed by atoms with Crippen molar-refractivity contribution in [1.82, 2.24) is 20.1 Å². The van der Waals surface area contributed by atoms with Crippen molar-refractivity contribution in [2.24, 2.45) is 0 Å². The second kappa shape index (κ2) is 8.23. The minimum Gasteiger partial charge on any atom is -0.360 e. The van der Waals surface area contributed by atoms with Gasteiger partial charge in [0, 0.05) is 35.6 Å². The van der Waals surface area contributed by atoms with Gasteiger partial charge in [-0.1, -0.05) is 11.2 Å². The molecule has 1 aliphatic rings. The number of aromatic nitrogens is 4. The molecule has 3 heterocycles. The van der Waals surface area contributed by atoms with E-state index in [4.69, 9.17) is 4.52 Å². The van der Waals surface area contributed by atoms with E-state index in [2.05, 4.69) is 36.1 Å². The van der Waals surface area contributed by atoms with Crippen LogP contribution in [0.2, 0.25) is 0 Å². The predicted octanol–water partition coefficient (Wildman–Crippen LogP) is 4.48. The summed E-state index contributed by atoms with van der Waals surface area (Å²) in [6.07, 6.45) is 5.36. The standard InChI is InChI=1S/C22H19N7O2/c30-22(17-11-18(31-29-17)14-4-5-14)27-16-8-6-15(7-9-16)26-20-12-21(25-13-24-20)28-19-3-1-2-10-23-19/h1-3,6-14H,4-5H2,(H,27,30)(H2,23,24,25,26,28). The van der Waals surface area contributed by atoms with E-state index in [9.17, 15) is 4.79 Å². The van der Waals surface area contributed by atoms with Crippen molar-refractivity contribution < 1.29 is 9.32 Å². The van der Waals surface area contributed by atoms with E-state index in [1.54, 1.807) is 30.5 Å². The van der Waals surface area contributed by atoms with Crippen molar-refractivity contribution in [2.75, 3.05) is 16.0 Å². The summed E-state index contributed by atoms with van der Waals surface area (Å²) in [6.45, 7) is 0. The first-order chi connectivity index (χ1) is 15.2. The van der Waals surface area contributed by atoms with Crippen LogP contribution in [0.3, 0.4) is 0 Å². The molecule has 154 valence electrons. The van der Waals surface area contributed by atoms with Crippen LogP contribution < -0.4 is 16.0 Å². The van der Waals surface area contributed by atoms with Crippen LogP contribution in [-0.4, -0.2) is 26.0 Å². The molecule has 3 aromatic heterocycles. The van der Waals surface area contributed by atoms with E-state index in [1.807, 2.05) is 30.3 Å². The van der Waals surface area contributed by atoms with E-state index in [-0.39, 0.29) is 11.6 Å². The second-order valence-electron chi connectivity index (χ2n) is 7.17. The van der Waals surface area contributed by atoms with Gasteiger partial charge >= 0.3 is 0 Å². The van der Waals surface area contributed by atoms with Crippen LogP contribution in [0.1, 0.15) is 35.0 Å². The fourth-order valence-electron chi connectivity index (χ4n) is 3.00. The fraction of sp³-hybridized carbons (Fsp3) is 0.136. The van der Waals surface area contributed by atoms with Gasteiger partial charge in [0.1, 0.15) is 29.5 Å². The van der Waals surface area contributed by atoms with Crippen LogP contribution in [0.15, 0.2) is 71.6 Å². The number of carbonyl (C=O) groups is 1. The first-order valence-corrected chi connectivity index (χ1v) is 9.88. The zero-order chi connectivity index (χ0) is 21.0. The van der Waals surface area contributed by atoms with Gasteiger partial charge in [-0.15, -0.1) is 0 Å². The number of nitrogens with zero attached hydrogens (tertiary/aromatic N) is 4. The lowest BCUT2D eigenvalue weighted by Crippen LogP contribution is -2.12. The number of pyridine rings is 1. The molecule has 5 rings (SSSR count). The predicted molar refractivity (Wildman–Crippen MR) is 116 cm³/mol. The van der Waals surface area contributed by atoms with Gasteiger partial charge in [-0.05, 0) is 49.2 Å². The van der Waals surface area contributed by atoms with Crippen molar-refractivity contribution >= 4 is 34.7 Å². The summed E-state index contributed by atoms with van der Waals surface area (Å²) in [6, 6.07) is 16.4. The average Bonchev–Trinajstić information content (AvgIpc) is 3.52. The van der Waals surface area contributed by atoms with E-state index < -0.39 is 0 Å². The molecule has 0 unspecified atom stereocenters. The Balaban J connectivity index is 1.21. The van der Waals surface area contributed by atoms with Gasteiger partial charge in [0.05, 0.1) is 0 Å². The third-order valence-electron chi connectivity index (χ3n) is 4.74. The van der Waals surface area contributed by atoms with Crippen molar-refractivity contribution in [3.8, 4) is 0 Å². The molecule has 9 nitrogen and oxygen atoms in total. The molecule has 9 heteroatoms. The Morgan fingerprint density at radius 2 is 1.65 bits per heavy atom. The Morgan fingerprint density at radius 1 is 0.871 bits per heavy atom. The van der Waals surface area contributed by atoms with E-state index in [0.29, 0.717) is 29.1 Å². The van der Waals surface area contributed by atoms with Gasteiger partial charge in [-0.25, -0.2) is 15.0 Å². The van der Waals surface area contributed by atoms with Gasteiger partial charge in [0.2, 0.25) is 0 Å². The molecule has 0 aliphatic heterocycles. The molecule has 1 saturated carbocycles. The smallest absolute Gasteiger partial charge is 0.277 e. The number of anilines is 5. The molecule has 0 atom stereocenters. The fourth-order valence-corrected chi connectivity index (χ4v) is 3.00. The highest BCUT2D eigenvalue weighted by Gasteiger charge is 2.28. The minimum atomic E-state index is -0.294. The van der Waals surface area contributed by atoms with Crippen LogP contribution in [-0.2, 0) is 0 Å². The normalized spacial score (nSPS) is 12.9. The third-order valence-corrected chi connectivity index (χ3v) is 4.74. The number of amides is 1. The number of hydrogen-bond acceptors (Lipinski definition) is 8. The lowest BCUT2D eigenvalue weighted by molar-refractivity contribution is 0.101. The summed E-state index contributed by atoms with van der Waals surface area (Å²) in [7, 11) is 0. The Kier molecular flexibility index (Phi) is 4.97. The zero-order valence-corrected chi connectivity index (χ0v) is 16.4. The van der Waals surface area contributed by atoms with Crippen molar-refractivity contribution in [3.63, 3.8) is 0 Å². The summed E-state index contributed by atoms with van der Waals surface area (Å²) in [5, 5.41) is 13.0. The molecule has 0 saturated heterocycles. The van der Waals surface area contributed by atoms with Gasteiger partial charge < -0.3 is 20.5 Å². The van der Waals surface area contributed by atoms with Crippen molar-refractivity contribution in [2.45, 2.75) is 18.8 Å². The molecule has 1 amide bonds. The van der Waals surface area contributed by atoms with Crippen LogP contribution >= 0.6 is 0 Å². The molecule has 4 aromatic rings. The highest BCUT2D eigenvalue weighted by Crippen LogP contribution is 2.40. The Hall–Kier alpha value is -4.27. The maximum Gasteiger partial charge on any atom is 0.277 e. The van der Waals surface area contributed by atoms with Gasteiger partial charge in [0.15, 0.2) is 5.69 Å². The average molecular weight is 413 g/mol. The first kappa shape index (κ1) is 18.7. The number of hydrogen-bond donors (Lipinski definition) is 3. The Morgan fingerprint density at radius 3 is 2.39 bits per heavy atom. The topological polar surface area (TPSA) is 118 Å². The Bertz CT molecular complexity index is 1190. The molecule has 0 bridgehead atoms. The maximum absolute atomic E-state index is 12.4. The Labute approximate surface area is 177 Å². The summed E-state index contributed by atoms with van der Waals surface area (Å²) in [5.41, 5.74) is 1.77. The molecule has 31 heavy (non-hydrogen) atoms. The second-order valence-corrected chi connectivity index (χ2v) is 7.17. The minimum absolute atomic E-state index is 0.290. The van der Waals surface area contributed by atoms with E-state index in [0.717, 1.165) is 24.3 Å². The molecule has 1 aromatic carbocycles. The summed E-state index contributed by atoms with van der Waals surface area (Å²) in [4.78, 5) is 25.0. The quantitative estimate of drug-likeness (QED) is 0.406. The lowest BCUT2D eigenvalue weighted by Gasteiger charge is -2.09. The third kappa shape index (κ3) is 4.67. The molecule has 1 fully saturated rings. The largest absolute Gasteiger partial charge is 0.360 e. The SMILES string of the molecule is O=C(Nc1ccc(Nc2cc(Nc3ccccn3)ncn2)cc1)c1cc(C2CC2)on1. The van der Waals surface area contributed by atoms with Gasteiger partial charge in [-0.3, -0.25) is 4.79 Å². The molecule has 0 spiro atoms. The van der Waals surface area contributed by atoms with Crippen LogP contribution in [0.4, 0.5) is 28.8 Å². The molecular weight excluding hydrogens is 394 g/mol. The highest BCUT2D eigenvalue weighted by molar-refractivity contribution is 6.02. The molecule has 1 aliphatic carbocycles. The van der Waals surface area contributed by atoms with Crippen LogP contribution in [0, 0.1) is 0 Å². The zero-order valence-electron chi connectivity index (χ0n) is 16.4. The highest BCUT2D eigenvalue weighted by atomic mass is 16.5. The van der Waals surface area contributed by atoms with Crippen LogP contribution in [0.25, 0.3) is 0 Å². The molecular formula is C22H19N7O2. The number of benzene rings is 1. The number of nitrogens with one attached hydrogen (secondary N) is 3. The maximum atomic E-state index is 12.4. The summed E-state index contributed by atoms with van der Waals surface area (Å²) in [5.74, 6) is 2.85.